The minimum atomic E-state index is -0.747. The van der Waals surface area contributed by atoms with Crippen molar-refractivity contribution in [1.29, 1.82) is 0 Å². The Hall–Kier alpha value is -7.15. The number of benzene rings is 4. The maximum absolute atomic E-state index is 16.0. The van der Waals surface area contributed by atoms with Crippen molar-refractivity contribution in [3.05, 3.63) is 111 Å². The van der Waals surface area contributed by atoms with Gasteiger partial charge in [-0.1, -0.05) is 18.2 Å². The van der Waals surface area contributed by atoms with Crippen LogP contribution in [0.1, 0.15) is 90.5 Å². The van der Waals surface area contributed by atoms with E-state index in [9.17, 15) is 19.2 Å². The molecule has 4 aliphatic rings. The molecular formula is C55H60FN9O8. The molecule has 11 rings (SSSR count). The lowest BCUT2D eigenvalue weighted by atomic mass is 9.88. The van der Waals surface area contributed by atoms with Crippen molar-refractivity contribution in [3.8, 4) is 28.5 Å². The highest BCUT2D eigenvalue weighted by Gasteiger charge is 2.35. The normalized spacial score (nSPS) is 20.0. The van der Waals surface area contributed by atoms with Gasteiger partial charge in [0.05, 0.1) is 28.9 Å². The maximum Gasteiger partial charge on any atom is 0.329 e. The molecule has 3 N–H and O–H groups in total. The summed E-state index contributed by atoms with van der Waals surface area (Å²) in [6.45, 7) is 10.2. The Bertz CT molecular complexity index is 3360. The summed E-state index contributed by atoms with van der Waals surface area (Å²) in [6, 6.07) is 18.0. The molecule has 18 heteroatoms. The number of hydrogen-bond acceptors (Lipinski definition) is 12. The molecular weight excluding hydrogens is 934 g/mol. The fourth-order valence-electron chi connectivity index (χ4n) is 10.8. The van der Waals surface area contributed by atoms with Gasteiger partial charge in [-0.25, -0.2) is 14.2 Å². The number of rotatable bonds is 15. The third-order valence-corrected chi connectivity index (χ3v) is 15.1. The SMILES string of the molecule is CO[C@@H](C)COc1cc(O[C@H]2CCNC2)c2cc(C3CC3)c(-c3c(C)c(F)cc4[nH]ncc34)c(OCc3ccc(C(=O)N4CCN(Cc5ccc6c(c5)n(C)c(=O)n6C5CCC(=O)NC5=O)C[C@@H]4C)cc3)c2n1. The van der Waals surface area contributed by atoms with Crippen LogP contribution in [0.15, 0.2) is 71.7 Å². The highest BCUT2D eigenvalue weighted by molar-refractivity contribution is 6.05. The Labute approximate surface area is 420 Å². The third-order valence-electron chi connectivity index (χ3n) is 15.1. The fourth-order valence-corrected chi connectivity index (χ4v) is 10.8. The van der Waals surface area contributed by atoms with E-state index in [0.717, 1.165) is 58.8 Å². The van der Waals surface area contributed by atoms with E-state index < -0.39 is 11.9 Å². The number of carbonyl (C=O) groups excluding carboxylic acids is 3. The smallest absolute Gasteiger partial charge is 0.329 e. The monoisotopic (exact) mass is 993 g/mol. The van der Waals surface area contributed by atoms with Gasteiger partial charge in [0.15, 0.2) is 5.75 Å². The van der Waals surface area contributed by atoms with Crippen molar-refractivity contribution >= 4 is 50.6 Å². The molecule has 0 radical (unpaired) electrons. The minimum absolute atomic E-state index is 0.0520. The molecule has 380 valence electrons. The topological polar surface area (TPSA) is 187 Å². The summed E-state index contributed by atoms with van der Waals surface area (Å²) >= 11 is 0. The second kappa shape index (κ2) is 19.7. The first-order chi connectivity index (χ1) is 35.3. The maximum atomic E-state index is 16.0. The van der Waals surface area contributed by atoms with Gasteiger partial charge >= 0.3 is 5.69 Å². The molecule has 3 aromatic heterocycles. The van der Waals surface area contributed by atoms with Crippen LogP contribution in [0.3, 0.4) is 0 Å². The van der Waals surface area contributed by atoms with E-state index in [0.29, 0.717) is 88.9 Å². The number of aryl methyl sites for hydroxylation is 1. The van der Waals surface area contributed by atoms with Crippen LogP contribution in [-0.4, -0.2) is 117 Å². The molecule has 1 unspecified atom stereocenters. The lowest BCUT2D eigenvalue weighted by Crippen LogP contribution is -2.53. The molecule has 3 saturated heterocycles. The van der Waals surface area contributed by atoms with Crippen molar-refractivity contribution in [2.24, 2.45) is 7.05 Å². The molecule has 1 aliphatic carbocycles. The van der Waals surface area contributed by atoms with Crippen molar-refractivity contribution in [1.82, 2.24) is 44.7 Å². The summed E-state index contributed by atoms with van der Waals surface area (Å²) in [4.78, 5) is 61.4. The Morgan fingerprint density at radius 3 is 2.48 bits per heavy atom. The van der Waals surface area contributed by atoms with Crippen LogP contribution in [0.4, 0.5) is 4.39 Å². The molecule has 1 saturated carbocycles. The zero-order valence-corrected chi connectivity index (χ0v) is 41.8. The number of halogens is 1. The summed E-state index contributed by atoms with van der Waals surface area (Å²) in [7, 11) is 3.33. The predicted octanol–water partition coefficient (Wildman–Crippen LogP) is 6.81. The van der Waals surface area contributed by atoms with Crippen LogP contribution in [0.5, 0.6) is 17.4 Å². The molecule has 17 nitrogen and oxygen atoms in total. The van der Waals surface area contributed by atoms with Crippen molar-refractivity contribution in [2.45, 2.75) is 96.2 Å². The number of aromatic amines is 1. The van der Waals surface area contributed by atoms with Crippen LogP contribution in [-0.2, 0) is 34.5 Å². The summed E-state index contributed by atoms with van der Waals surface area (Å²) in [5, 5.41) is 14.6. The number of aromatic nitrogens is 5. The molecule has 3 aliphatic heterocycles. The quantitative estimate of drug-likeness (QED) is 0.0913. The van der Waals surface area contributed by atoms with E-state index >= 15 is 4.39 Å². The molecule has 0 spiro atoms. The molecule has 6 heterocycles. The van der Waals surface area contributed by atoms with Crippen molar-refractivity contribution in [2.75, 3.05) is 46.4 Å². The number of imidazole rings is 1. The zero-order valence-electron chi connectivity index (χ0n) is 41.8. The van der Waals surface area contributed by atoms with E-state index in [-0.39, 0.29) is 73.5 Å². The number of pyridine rings is 1. The summed E-state index contributed by atoms with van der Waals surface area (Å²) < 4.78 is 44.5. The average molecular weight is 994 g/mol. The van der Waals surface area contributed by atoms with Gasteiger partial charge in [0.25, 0.3) is 5.91 Å². The van der Waals surface area contributed by atoms with E-state index in [4.69, 9.17) is 23.9 Å². The largest absolute Gasteiger partial charge is 0.488 e. The van der Waals surface area contributed by atoms with Crippen LogP contribution in [0, 0.1) is 12.7 Å². The van der Waals surface area contributed by atoms with Gasteiger partial charge in [-0.05, 0) is 118 Å². The minimum Gasteiger partial charge on any atom is -0.488 e. The van der Waals surface area contributed by atoms with Crippen LogP contribution in [0.2, 0.25) is 0 Å². The zero-order chi connectivity index (χ0) is 50.7. The highest BCUT2D eigenvalue weighted by atomic mass is 19.1. The molecule has 4 aromatic carbocycles. The third kappa shape index (κ3) is 9.31. The summed E-state index contributed by atoms with van der Waals surface area (Å²) in [5.41, 5.74) is 7.49. The number of nitrogens with zero attached hydrogens (tertiary/aromatic N) is 6. The molecule has 4 fully saturated rings. The number of ether oxygens (including phenoxy) is 4. The standard InChI is InChI=1S/C55H60FN9O8/c1-30-26-63(27-34-8-13-43-45(20-34)62(4)55(69)65(43)44-14-15-47(66)59-53(44)67)18-19-64(30)54(68)36-9-6-33(7-10-36)29-72-52-50(49-32(3)41(56)22-42-40(49)25-58-61-42)38(35-11-12-35)21-39-46(73-37-16-17-57-24-37)23-48(60-51(39)52)71-28-31(2)70-5/h6-10,13,20-23,25,30-31,35,37,44,57H,11-12,14-19,24,26-29H2,1-5H3,(H,58,61)(H,59,66,67)/t30-,31-,37-,44?/m0/s1. The number of hydrogen-bond donors (Lipinski definition) is 3. The highest BCUT2D eigenvalue weighted by Crippen LogP contribution is 2.53. The van der Waals surface area contributed by atoms with Crippen molar-refractivity contribution < 1.29 is 37.7 Å². The van der Waals surface area contributed by atoms with Gasteiger partial charge in [-0.3, -0.25) is 38.8 Å². The molecule has 7 aromatic rings. The predicted molar refractivity (Wildman–Crippen MR) is 273 cm³/mol. The van der Waals surface area contributed by atoms with E-state index in [1.807, 2.05) is 60.4 Å². The number of carbonyl (C=O) groups is 3. The number of nitrogens with one attached hydrogen (secondary N) is 3. The Kier molecular flexibility index (Phi) is 13.0. The lowest BCUT2D eigenvalue weighted by Gasteiger charge is -2.40. The second-order valence-corrected chi connectivity index (χ2v) is 20.1. The van der Waals surface area contributed by atoms with Crippen LogP contribution in [0.25, 0.3) is 44.0 Å². The number of H-pyrrole nitrogens is 1. The molecule has 0 bridgehead atoms. The van der Waals surface area contributed by atoms with E-state index in [2.05, 4.69) is 38.7 Å². The Morgan fingerprint density at radius 2 is 1.74 bits per heavy atom. The molecule has 4 atom stereocenters. The summed E-state index contributed by atoms with van der Waals surface area (Å²) in [5.74, 6) is 0.463. The van der Waals surface area contributed by atoms with Crippen molar-refractivity contribution in [3.63, 3.8) is 0 Å². The number of piperazine rings is 1. The van der Waals surface area contributed by atoms with Gasteiger partial charge in [0.2, 0.25) is 17.7 Å². The van der Waals surface area contributed by atoms with Crippen LogP contribution >= 0.6 is 0 Å². The molecule has 73 heavy (non-hydrogen) atoms. The second-order valence-electron chi connectivity index (χ2n) is 20.1. The Morgan fingerprint density at radius 1 is 0.932 bits per heavy atom. The number of fused-ring (bicyclic) bond motifs is 3. The summed E-state index contributed by atoms with van der Waals surface area (Å²) in [6.07, 6.45) is 4.73. The van der Waals surface area contributed by atoms with Gasteiger partial charge in [-0.2, -0.15) is 5.10 Å². The number of amides is 3. The number of methoxy groups -OCH3 is 1. The number of imide groups is 1. The number of piperidine rings is 1. The van der Waals surface area contributed by atoms with E-state index in [1.165, 1.54) is 10.6 Å². The molecule has 3 amide bonds. The first-order valence-corrected chi connectivity index (χ1v) is 25.3. The fraction of sp³-hybridized carbons (Fsp3) is 0.418. The van der Waals surface area contributed by atoms with Crippen LogP contribution < -0.4 is 30.5 Å². The first kappa shape index (κ1) is 48.1. The van der Waals surface area contributed by atoms with Gasteiger partial charge < -0.3 is 29.2 Å². The lowest BCUT2D eigenvalue weighted by molar-refractivity contribution is -0.135. The van der Waals surface area contributed by atoms with Gasteiger partial charge in [0.1, 0.15) is 42.4 Å². The van der Waals surface area contributed by atoms with Gasteiger partial charge in [-0.15, -0.1) is 0 Å². The van der Waals surface area contributed by atoms with E-state index in [1.54, 1.807) is 31.8 Å². The average Bonchev–Trinajstić information content (AvgIpc) is 3.80. The first-order valence-electron chi connectivity index (χ1n) is 25.3. The Balaban J connectivity index is 0.850. The van der Waals surface area contributed by atoms with Gasteiger partial charge in [0, 0.05) is 92.9 Å².